The van der Waals surface area contributed by atoms with Crippen molar-refractivity contribution in [2.45, 2.75) is 32.2 Å². The number of aryl methyl sites for hydroxylation is 2. The number of aromatic nitrogens is 3. The van der Waals surface area contributed by atoms with Crippen molar-refractivity contribution in [3.05, 3.63) is 51.6 Å². The van der Waals surface area contributed by atoms with Gasteiger partial charge >= 0.3 is 0 Å². The Bertz CT molecular complexity index is 971. The number of rotatable bonds is 4. The molecule has 0 aliphatic heterocycles. The Labute approximate surface area is 154 Å². The van der Waals surface area contributed by atoms with Gasteiger partial charge in [-0.2, -0.15) is 5.10 Å². The lowest BCUT2D eigenvalue weighted by Gasteiger charge is -2.15. The van der Waals surface area contributed by atoms with Crippen LogP contribution in [0.3, 0.4) is 0 Å². The summed E-state index contributed by atoms with van der Waals surface area (Å²) in [5.74, 6) is 0.588. The van der Waals surface area contributed by atoms with Gasteiger partial charge in [-0.05, 0) is 73.1 Å². The first-order valence-electron chi connectivity index (χ1n) is 8.27. The van der Waals surface area contributed by atoms with Gasteiger partial charge in [0.1, 0.15) is 6.04 Å². The summed E-state index contributed by atoms with van der Waals surface area (Å²) in [6, 6.07) is 9.64. The monoisotopic (exact) mass is 370 g/mol. The molecule has 0 bridgehead atoms. The van der Waals surface area contributed by atoms with Gasteiger partial charge in [-0.15, -0.1) is 11.3 Å². The third-order valence-corrected chi connectivity index (χ3v) is 5.73. The summed E-state index contributed by atoms with van der Waals surface area (Å²) in [7, 11) is 0. The van der Waals surface area contributed by atoms with Gasteiger partial charge in [0.05, 0.1) is 4.88 Å². The Kier molecular flexibility index (Phi) is 4.27. The van der Waals surface area contributed by atoms with Gasteiger partial charge in [-0.3, -0.25) is 14.5 Å². The molecule has 0 saturated heterocycles. The maximum atomic E-state index is 12.8. The Morgan fingerprint density at radius 3 is 3.00 bits per heavy atom. The summed E-state index contributed by atoms with van der Waals surface area (Å²) >= 11 is 6.91. The number of carbonyl (C=O) groups excluding carboxylic acids is 1. The average Bonchev–Trinajstić information content (AvgIpc) is 3.33. The quantitative estimate of drug-likeness (QED) is 0.671. The van der Waals surface area contributed by atoms with E-state index in [-0.39, 0.29) is 5.91 Å². The normalized spacial score (nSPS) is 14.3. The van der Waals surface area contributed by atoms with Crippen LogP contribution in [0.1, 0.15) is 30.5 Å². The highest BCUT2D eigenvalue weighted by molar-refractivity contribution is 7.71. The average molecular weight is 371 g/mol. The number of nitrogens with one attached hydrogen (secondary N) is 2. The van der Waals surface area contributed by atoms with Gasteiger partial charge in [0.2, 0.25) is 5.91 Å². The van der Waals surface area contributed by atoms with Crippen LogP contribution in [0.25, 0.3) is 10.7 Å². The van der Waals surface area contributed by atoms with Gasteiger partial charge < -0.3 is 5.32 Å². The van der Waals surface area contributed by atoms with Crippen LogP contribution in [-0.2, 0) is 17.6 Å². The number of thiophene rings is 1. The molecule has 3 aromatic rings. The number of hydrogen-bond donors (Lipinski definition) is 2. The highest BCUT2D eigenvalue weighted by Gasteiger charge is 2.22. The second kappa shape index (κ2) is 6.57. The van der Waals surface area contributed by atoms with E-state index in [1.165, 1.54) is 17.5 Å². The van der Waals surface area contributed by atoms with E-state index in [1.54, 1.807) is 15.9 Å². The van der Waals surface area contributed by atoms with Crippen LogP contribution in [0, 0.1) is 4.77 Å². The molecule has 1 atom stereocenters. The molecular weight excluding hydrogens is 352 g/mol. The summed E-state index contributed by atoms with van der Waals surface area (Å²) in [5, 5.41) is 12.1. The van der Waals surface area contributed by atoms with Gasteiger partial charge in [-0.25, -0.2) is 0 Å². The van der Waals surface area contributed by atoms with E-state index in [2.05, 4.69) is 27.6 Å². The van der Waals surface area contributed by atoms with Crippen LogP contribution in [0.5, 0.6) is 0 Å². The van der Waals surface area contributed by atoms with E-state index >= 15 is 0 Å². The lowest BCUT2D eigenvalue weighted by molar-refractivity contribution is -0.118. The number of hydrogen-bond acceptors (Lipinski definition) is 4. The number of fused-ring (bicyclic) bond motifs is 1. The van der Waals surface area contributed by atoms with Gasteiger partial charge in [0.15, 0.2) is 10.6 Å². The molecule has 4 rings (SSSR count). The van der Waals surface area contributed by atoms with Gasteiger partial charge in [0, 0.05) is 5.69 Å². The molecule has 2 aromatic heterocycles. The van der Waals surface area contributed by atoms with Crippen LogP contribution >= 0.6 is 23.6 Å². The summed E-state index contributed by atoms with van der Waals surface area (Å²) in [6.45, 7) is 1.84. The molecule has 1 amide bonds. The Hall–Kier alpha value is -2.25. The summed E-state index contributed by atoms with van der Waals surface area (Å²) in [5.41, 5.74) is 3.57. The van der Waals surface area contributed by atoms with E-state index in [0.29, 0.717) is 10.6 Å². The molecule has 128 valence electrons. The second-order valence-corrected chi connectivity index (χ2v) is 7.54. The molecule has 2 N–H and O–H groups in total. The predicted molar refractivity (Wildman–Crippen MR) is 103 cm³/mol. The third-order valence-electron chi connectivity index (χ3n) is 4.58. The SMILES string of the molecule is CC(C(=O)Nc1ccc2c(c1)CCC2)n1c(-c2cccs2)n[nH]c1=S. The van der Waals surface area contributed by atoms with Crippen LogP contribution < -0.4 is 5.32 Å². The minimum absolute atomic E-state index is 0.103. The number of nitrogens with zero attached hydrogens (tertiary/aromatic N) is 2. The van der Waals surface area contributed by atoms with Crippen molar-refractivity contribution in [2.24, 2.45) is 0 Å². The maximum Gasteiger partial charge on any atom is 0.247 e. The number of carbonyl (C=O) groups is 1. The Balaban J connectivity index is 1.59. The van der Waals surface area contributed by atoms with Crippen molar-refractivity contribution in [1.29, 1.82) is 0 Å². The zero-order valence-corrected chi connectivity index (χ0v) is 15.4. The van der Waals surface area contributed by atoms with E-state index in [0.717, 1.165) is 23.4 Å². The topological polar surface area (TPSA) is 62.7 Å². The van der Waals surface area contributed by atoms with E-state index in [1.807, 2.05) is 30.5 Å². The molecule has 25 heavy (non-hydrogen) atoms. The standard InChI is InChI=1S/C18H18N4OS2/c1-11(22-16(20-21-18(22)24)15-6-3-9-25-15)17(23)19-14-8-7-12-4-2-5-13(12)10-14/h3,6-11H,2,4-5H2,1H3,(H,19,23)(H,21,24). The summed E-state index contributed by atoms with van der Waals surface area (Å²) in [6.07, 6.45) is 3.41. The first-order chi connectivity index (χ1) is 12.1. The van der Waals surface area contributed by atoms with Crippen molar-refractivity contribution >= 4 is 35.1 Å². The van der Waals surface area contributed by atoms with Crippen LogP contribution in [-0.4, -0.2) is 20.7 Å². The molecule has 7 heteroatoms. The number of benzene rings is 1. The summed E-state index contributed by atoms with van der Waals surface area (Å²) < 4.78 is 2.21. The van der Waals surface area contributed by atoms with Crippen LogP contribution in [0.4, 0.5) is 5.69 Å². The minimum atomic E-state index is -0.461. The first kappa shape index (κ1) is 16.2. The van der Waals surface area contributed by atoms with E-state index in [9.17, 15) is 4.79 Å². The minimum Gasteiger partial charge on any atom is -0.324 e. The highest BCUT2D eigenvalue weighted by atomic mass is 32.1. The van der Waals surface area contributed by atoms with Crippen molar-refractivity contribution in [1.82, 2.24) is 14.8 Å². The van der Waals surface area contributed by atoms with Crippen molar-refractivity contribution in [2.75, 3.05) is 5.32 Å². The smallest absolute Gasteiger partial charge is 0.247 e. The van der Waals surface area contributed by atoms with Crippen molar-refractivity contribution in [3.8, 4) is 10.7 Å². The van der Waals surface area contributed by atoms with Gasteiger partial charge in [-0.1, -0.05) is 12.1 Å². The largest absolute Gasteiger partial charge is 0.324 e. The Morgan fingerprint density at radius 2 is 2.20 bits per heavy atom. The molecule has 1 aliphatic rings. The second-order valence-electron chi connectivity index (χ2n) is 6.20. The number of amides is 1. The zero-order chi connectivity index (χ0) is 17.4. The molecule has 1 aliphatic carbocycles. The number of H-pyrrole nitrogens is 1. The molecule has 2 heterocycles. The number of anilines is 1. The molecule has 0 fully saturated rings. The molecule has 0 saturated carbocycles. The van der Waals surface area contributed by atoms with Gasteiger partial charge in [0.25, 0.3) is 0 Å². The van der Waals surface area contributed by atoms with E-state index < -0.39 is 6.04 Å². The van der Waals surface area contributed by atoms with Crippen molar-refractivity contribution in [3.63, 3.8) is 0 Å². The molecule has 1 unspecified atom stereocenters. The fourth-order valence-corrected chi connectivity index (χ4v) is 4.26. The third kappa shape index (κ3) is 3.05. The van der Waals surface area contributed by atoms with Crippen molar-refractivity contribution < 1.29 is 4.79 Å². The molecule has 5 nitrogen and oxygen atoms in total. The highest BCUT2D eigenvalue weighted by Crippen LogP contribution is 2.27. The van der Waals surface area contributed by atoms with Crippen LogP contribution in [0.15, 0.2) is 35.7 Å². The predicted octanol–water partition coefficient (Wildman–Crippen LogP) is 4.36. The maximum absolute atomic E-state index is 12.8. The number of aromatic amines is 1. The molecule has 1 aromatic carbocycles. The first-order valence-corrected chi connectivity index (χ1v) is 9.56. The lowest BCUT2D eigenvalue weighted by atomic mass is 10.1. The van der Waals surface area contributed by atoms with E-state index in [4.69, 9.17) is 12.2 Å². The fourth-order valence-electron chi connectivity index (χ4n) is 3.26. The molecular formula is C18H18N4OS2. The lowest BCUT2D eigenvalue weighted by Crippen LogP contribution is -2.24. The fraction of sp³-hybridized carbons (Fsp3) is 0.278. The molecule has 0 spiro atoms. The van der Waals surface area contributed by atoms with Crippen LogP contribution in [0.2, 0.25) is 0 Å². The summed E-state index contributed by atoms with van der Waals surface area (Å²) in [4.78, 5) is 13.7. The Morgan fingerprint density at radius 1 is 1.36 bits per heavy atom. The molecule has 0 radical (unpaired) electrons. The zero-order valence-electron chi connectivity index (χ0n) is 13.8.